The molecule has 3 rings (SSSR count). The van der Waals surface area contributed by atoms with Gasteiger partial charge < -0.3 is 15.4 Å². The number of ether oxygens (including phenoxy) is 1. The molecular formula is C23H26N4O5S. The fourth-order valence-corrected chi connectivity index (χ4v) is 4.54. The molecule has 33 heavy (non-hydrogen) atoms. The lowest BCUT2D eigenvalue weighted by atomic mass is 10.1. The molecule has 2 N–H and O–H groups in total. The van der Waals surface area contributed by atoms with Crippen LogP contribution in [0.5, 0.6) is 0 Å². The van der Waals surface area contributed by atoms with E-state index in [2.05, 4.69) is 15.7 Å². The number of carbonyl (C=O) groups is 4. The van der Waals surface area contributed by atoms with Crippen LogP contribution >= 0.6 is 11.3 Å². The van der Waals surface area contributed by atoms with Crippen LogP contribution in [0.15, 0.2) is 23.3 Å². The largest absolute Gasteiger partial charge is 0.462 e. The van der Waals surface area contributed by atoms with Crippen molar-refractivity contribution in [3.05, 3.63) is 45.3 Å². The number of carbonyl (C=O) groups excluding carboxylic acids is 4. The van der Waals surface area contributed by atoms with Crippen LogP contribution < -0.4 is 15.6 Å². The first-order valence-corrected chi connectivity index (χ1v) is 11.3. The first-order valence-electron chi connectivity index (χ1n) is 10.5. The van der Waals surface area contributed by atoms with E-state index in [0.29, 0.717) is 16.1 Å². The third-order valence-electron chi connectivity index (χ3n) is 5.17. The van der Waals surface area contributed by atoms with Crippen molar-refractivity contribution in [1.29, 1.82) is 0 Å². The van der Waals surface area contributed by atoms with Gasteiger partial charge in [0.25, 0.3) is 11.8 Å². The van der Waals surface area contributed by atoms with Gasteiger partial charge in [0, 0.05) is 19.9 Å². The summed E-state index contributed by atoms with van der Waals surface area (Å²) in [5.41, 5.74) is 3.14. The van der Waals surface area contributed by atoms with Crippen molar-refractivity contribution in [2.24, 2.45) is 5.10 Å². The number of amides is 3. The second-order valence-corrected chi connectivity index (χ2v) is 8.58. The summed E-state index contributed by atoms with van der Waals surface area (Å²) in [4.78, 5) is 50.7. The van der Waals surface area contributed by atoms with E-state index in [0.717, 1.165) is 22.5 Å². The van der Waals surface area contributed by atoms with Crippen molar-refractivity contribution in [2.45, 2.75) is 40.5 Å². The molecule has 0 unspecified atom stereocenters. The molecule has 0 spiro atoms. The zero-order valence-electron chi connectivity index (χ0n) is 19.2. The van der Waals surface area contributed by atoms with E-state index < -0.39 is 11.9 Å². The first-order chi connectivity index (χ1) is 15.7. The van der Waals surface area contributed by atoms with Crippen LogP contribution in [0.4, 0.5) is 10.7 Å². The van der Waals surface area contributed by atoms with Gasteiger partial charge in [0.1, 0.15) is 10.7 Å². The van der Waals surface area contributed by atoms with Crippen LogP contribution in [0.25, 0.3) is 0 Å². The molecular weight excluding hydrogens is 444 g/mol. The number of esters is 1. The zero-order valence-corrected chi connectivity index (χ0v) is 20.0. The molecule has 0 atom stereocenters. The van der Waals surface area contributed by atoms with Crippen LogP contribution in [0.1, 0.15) is 56.5 Å². The third-order valence-corrected chi connectivity index (χ3v) is 6.38. The van der Waals surface area contributed by atoms with E-state index in [1.807, 2.05) is 32.0 Å². The van der Waals surface area contributed by atoms with Crippen molar-refractivity contribution >= 4 is 51.4 Å². The van der Waals surface area contributed by atoms with E-state index in [1.54, 1.807) is 13.8 Å². The summed E-state index contributed by atoms with van der Waals surface area (Å²) in [7, 11) is 1.49. The Morgan fingerprint density at radius 3 is 2.55 bits per heavy atom. The van der Waals surface area contributed by atoms with E-state index in [-0.39, 0.29) is 47.5 Å². The van der Waals surface area contributed by atoms with E-state index in [9.17, 15) is 19.2 Å². The Balaban J connectivity index is 1.96. The van der Waals surface area contributed by atoms with Crippen molar-refractivity contribution in [3.63, 3.8) is 0 Å². The SMILES string of the molecule is CCOC(=O)c1c(NC(=O)C2=NN(c3cc(C)ccc3C)C(=O)CC2)sc(C(=O)NC)c1C. The molecule has 0 saturated carbocycles. The monoisotopic (exact) mass is 470 g/mol. The maximum Gasteiger partial charge on any atom is 0.341 e. The number of hydrogen-bond acceptors (Lipinski definition) is 7. The second kappa shape index (κ2) is 9.95. The molecule has 3 amide bonds. The van der Waals surface area contributed by atoms with Gasteiger partial charge in [-0.15, -0.1) is 11.3 Å². The normalized spacial score (nSPS) is 13.4. The van der Waals surface area contributed by atoms with Crippen LogP contribution in [0.3, 0.4) is 0 Å². The molecule has 2 aromatic rings. The molecule has 0 saturated heterocycles. The Morgan fingerprint density at radius 1 is 1.15 bits per heavy atom. The second-order valence-electron chi connectivity index (χ2n) is 7.56. The topological polar surface area (TPSA) is 117 Å². The molecule has 1 aliphatic rings. The molecule has 174 valence electrons. The molecule has 9 nitrogen and oxygen atoms in total. The van der Waals surface area contributed by atoms with E-state index in [1.165, 1.54) is 12.1 Å². The van der Waals surface area contributed by atoms with Gasteiger partial charge in [-0.1, -0.05) is 12.1 Å². The quantitative estimate of drug-likeness (QED) is 0.628. The Kier molecular flexibility index (Phi) is 7.27. The Bertz CT molecular complexity index is 1170. The molecule has 1 aromatic carbocycles. The van der Waals surface area contributed by atoms with Crippen molar-refractivity contribution in [2.75, 3.05) is 24.0 Å². The fraction of sp³-hybridized carbons (Fsp3) is 0.348. The maximum atomic E-state index is 13.1. The number of nitrogens with one attached hydrogen (secondary N) is 2. The van der Waals surface area contributed by atoms with Crippen LogP contribution in [0.2, 0.25) is 0 Å². The van der Waals surface area contributed by atoms with Gasteiger partial charge >= 0.3 is 5.97 Å². The minimum Gasteiger partial charge on any atom is -0.462 e. The number of rotatable bonds is 6. The minimum atomic E-state index is -0.630. The number of anilines is 2. The average molecular weight is 471 g/mol. The number of hydrogen-bond donors (Lipinski definition) is 2. The lowest BCUT2D eigenvalue weighted by Crippen LogP contribution is -2.36. The molecule has 2 heterocycles. The molecule has 1 aromatic heterocycles. The fourth-order valence-electron chi connectivity index (χ4n) is 3.41. The number of benzene rings is 1. The Morgan fingerprint density at radius 2 is 1.88 bits per heavy atom. The summed E-state index contributed by atoms with van der Waals surface area (Å²) in [5.74, 6) is -1.76. The van der Waals surface area contributed by atoms with E-state index in [4.69, 9.17) is 4.74 Å². The molecule has 0 radical (unpaired) electrons. The van der Waals surface area contributed by atoms with Crippen LogP contribution in [-0.4, -0.2) is 43.1 Å². The number of thiophene rings is 1. The van der Waals surface area contributed by atoms with Gasteiger partial charge in [-0.3, -0.25) is 14.4 Å². The zero-order chi connectivity index (χ0) is 24.3. The maximum absolute atomic E-state index is 13.1. The predicted octanol–water partition coefficient (Wildman–Crippen LogP) is 3.33. The summed E-state index contributed by atoms with van der Waals surface area (Å²) in [6.07, 6.45) is 0.282. The predicted molar refractivity (Wildman–Crippen MR) is 127 cm³/mol. The van der Waals surface area contributed by atoms with Gasteiger partial charge in [0.05, 0.1) is 22.7 Å². The highest BCUT2D eigenvalue weighted by molar-refractivity contribution is 7.18. The Hall–Kier alpha value is -3.53. The summed E-state index contributed by atoms with van der Waals surface area (Å²) in [6, 6.07) is 5.67. The van der Waals surface area contributed by atoms with Crippen molar-refractivity contribution < 1.29 is 23.9 Å². The number of nitrogens with zero attached hydrogens (tertiary/aromatic N) is 2. The first kappa shape index (κ1) is 24.1. The highest BCUT2D eigenvalue weighted by Gasteiger charge is 2.30. The summed E-state index contributed by atoms with van der Waals surface area (Å²) < 4.78 is 5.12. The van der Waals surface area contributed by atoms with Crippen LogP contribution in [0, 0.1) is 20.8 Å². The average Bonchev–Trinajstić information content (AvgIpc) is 3.11. The van der Waals surface area contributed by atoms with Gasteiger partial charge in [-0.25, -0.2) is 9.80 Å². The smallest absolute Gasteiger partial charge is 0.341 e. The Labute approximate surface area is 195 Å². The standard InChI is InChI=1S/C23H26N4O5S/c1-6-32-23(31)18-14(4)19(21(30)24-5)33-22(18)25-20(29)15-9-10-17(28)27(26-15)16-11-12(2)7-8-13(16)3/h7-8,11H,6,9-10H2,1-5H3,(H,24,30)(H,25,29). The minimum absolute atomic E-state index is 0.122. The van der Waals surface area contributed by atoms with Gasteiger partial charge in [-0.2, -0.15) is 5.10 Å². The van der Waals surface area contributed by atoms with E-state index >= 15 is 0 Å². The molecule has 0 fully saturated rings. The lowest BCUT2D eigenvalue weighted by molar-refractivity contribution is -0.118. The summed E-state index contributed by atoms with van der Waals surface area (Å²) in [5, 5.41) is 11.0. The van der Waals surface area contributed by atoms with Gasteiger partial charge in [0.15, 0.2) is 0 Å². The number of hydrazone groups is 1. The summed E-state index contributed by atoms with van der Waals surface area (Å²) >= 11 is 0.987. The number of aryl methyl sites for hydroxylation is 2. The molecule has 1 aliphatic heterocycles. The van der Waals surface area contributed by atoms with Crippen molar-refractivity contribution in [3.8, 4) is 0 Å². The highest BCUT2D eigenvalue weighted by Crippen LogP contribution is 2.34. The summed E-state index contributed by atoms with van der Waals surface area (Å²) in [6.45, 7) is 7.23. The molecule has 10 heteroatoms. The van der Waals surface area contributed by atoms with Crippen molar-refractivity contribution in [1.82, 2.24) is 5.32 Å². The lowest BCUT2D eigenvalue weighted by Gasteiger charge is -2.24. The highest BCUT2D eigenvalue weighted by atomic mass is 32.1. The third kappa shape index (κ3) is 4.95. The van der Waals surface area contributed by atoms with Crippen LogP contribution in [-0.2, 0) is 14.3 Å². The molecule has 0 aliphatic carbocycles. The van der Waals surface area contributed by atoms with Gasteiger partial charge in [-0.05, 0) is 50.5 Å². The molecule has 0 bridgehead atoms. The van der Waals surface area contributed by atoms with Gasteiger partial charge in [0.2, 0.25) is 5.91 Å².